The molecule has 0 aliphatic carbocycles. The van der Waals surface area contributed by atoms with Crippen LogP contribution in [0, 0.1) is 0 Å². The van der Waals surface area contributed by atoms with E-state index in [1.165, 1.54) is 11.3 Å². The second-order valence-electron chi connectivity index (χ2n) is 8.87. The Morgan fingerprint density at radius 3 is 2.72 bits per heavy atom. The molecule has 0 aliphatic heterocycles. The molecule has 0 unspecified atom stereocenters. The van der Waals surface area contributed by atoms with Gasteiger partial charge in [-0.1, -0.05) is 0 Å². The summed E-state index contributed by atoms with van der Waals surface area (Å²) in [6.45, 7) is 2.37. The van der Waals surface area contributed by atoms with E-state index in [0.717, 1.165) is 55.9 Å². The molecule has 0 aliphatic rings. The Bertz CT molecular complexity index is 1750. The largest absolute Gasteiger partial charge is 0.336 e. The number of carbonyl (C=O) groups excluding carboxylic acids is 1. The molecule has 10 heteroatoms. The summed E-state index contributed by atoms with van der Waals surface area (Å²) in [7, 11) is 4.06. The third-order valence-corrected chi connectivity index (χ3v) is 7.04. The molecule has 36 heavy (non-hydrogen) atoms. The van der Waals surface area contributed by atoms with Crippen LogP contribution in [0.1, 0.15) is 22.2 Å². The SMILES string of the molecule is CC(=O)c1ccc(-c2nccc3[nH]c(-c4n[nH]c5cnc(-c6cncc(CN(C)C)c6)cc45)nc23)s1. The van der Waals surface area contributed by atoms with Gasteiger partial charge in [-0.2, -0.15) is 5.10 Å². The van der Waals surface area contributed by atoms with Crippen molar-refractivity contribution in [2.24, 2.45) is 0 Å². The van der Waals surface area contributed by atoms with Crippen molar-refractivity contribution in [2.45, 2.75) is 13.5 Å². The molecule has 0 bridgehead atoms. The van der Waals surface area contributed by atoms with Crippen molar-refractivity contribution in [2.75, 3.05) is 14.1 Å². The van der Waals surface area contributed by atoms with Crippen molar-refractivity contribution in [1.29, 1.82) is 0 Å². The average molecular weight is 495 g/mol. The zero-order valence-corrected chi connectivity index (χ0v) is 20.7. The zero-order valence-electron chi connectivity index (χ0n) is 19.9. The van der Waals surface area contributed by atoms with Gasteiger partial charge in [0.25, 0.3) is 0 Å². The highest BCUT2D eigenvalue weighted by molar-refractivity contribution is 7.17. The summed E-state index contributed by atoms with van der Waals surface area (Å²) in [5, 5.41) is 8.51. The highest BCUT2D eigenvalue weighted by Gasteiger charge is 2.18. The quantitative estimate of drug-likeness (QED) is 0.315. The summed E-state index contributed by atoms with van der Waals surface area (Å²) in [5.41, 5.74) is 6.70. The fraction of sp³-hybridized carbons (Fsp3) is 0.154. The second-order valence-corrected chi connectivity index (χ2v) is 9.95. The average Bonchev–Trinajstić information content (AvgIpc) is 3.60. The number of nitrogens with zero attached hydrogens (tertiary/aromatic N) is 6. The number of aromatic nitrogens is 7. The monoisotopic (exact) mass is 494 g/mol. The smallest absolute Gasteiger partial charge is 0.169 e. The van der Waals surface area contributed by atoms with E-state index in [1.807, 2.05) is 50.8 Å². The van der Waals surface area contributed by atoms with Gasteiger partial charge in [0.15, 0.2) is 11.6 Å². The maximum Gasteiger partial charge on any atom is 0.169 e. The Labute approximate surface area is 210 Å². The fourth-order valence-electron chi connectivity index (χ4n) is 4.22. The van der Waals surface area contributed by atoms with Crippen LogP contribution in [0.3, 0.4) is 0 Å². The van der Waals surface area contributed by atoms with E-state index >= 15 is 0 Å². The van der Waals surface area contributed by atoms with Crippen LogP contribution in [0.25, 0.3) is 55.3 Å². The van der Waals surface area contributed by atoms with Gasteiger partial charge in [-0.3, -0.25) is 24.8 Å². The topological polar surface area (TPSA) is 116 Å². The Balaban J connectivity index is 1.43. The van der Waals surface area contributed by atoms with Crippen molar-refractivity contribution < 1.29 is 4.79 Å². The first-order chi connectivity index (χ1) is 17.5. The van der Waals surface area contributed by atoms with Crippen LogP contribution >= 0.6 is 11.3 Å². The van der Waals surface area contributed by atoms with Gasteiger partial charge in [-0.25, -0.2) is 4.98 Å². The summed E-state index contributed by atoms with van der Waals surface area (Å²) in [6.07, 6.45) is 7.22. The lowest BCUT2D eigenvalue weighted by atomic mass is 10.1. The predicted molar refractivity (Wildman–Crippen MR) is 141 cm³/mol. The highest BCUT2D eigenvalue weighted by Crippen LogP contribution is 2.34. The standard InChI is InChI=1S/C26H22N8OS/c1-14(35)21-4-5-22(36-21)25-24-18(6-7-28-25)30-26(31-24)23-17-9-19(29-12-20(17)32-33-23)16-8-15(10-27-11-16)13-34(2)3/h4-12H,13H2,1-3H3,(H,30,31)(H,32,33). The molecule has 6 aromatic rings. The number of aromatic amines is 2. The number of H-pyrrole nitrogens is 2. The van der Waals surface area contributed by atoms with Crippen LogP contribution in [0.5, 0.6) is 0 Å². The Hall–Kier alpha value is -4.28. The Morgan fingerprint density at radius 2 is 1.92 bits per heavy atom. The molecular formula is C26H22N8OS. The minimum atomic E-state index is 0.0380. The zero-order chi connectivity index (χ0) is 24.8. The number of pyridine rings is 3. The van der Waals surface area contributed by atoms with Crippen LogP contribution < -0.4 is 0 Å². The molecule has 0 atom stereocenters. The number of Topliss-reactive ketones (excluding diaryl/α,β-unsaturated/α-hetero) is 1. The maximum atomic E-state index is 11.8. The molecule has 2 N–H and O–H groups in total. The van der Waals surface area contributed by atoms with Crippen molar-refractivity contribution in [1.82, 2.24) is 40.0 Å². The summed E-state index contributed by atoms with van der Waals surface area (Å²) in [5.74, 6) is 0.668. The minimum Gasteiger partial charge on any atom is -0.336 e. The van der Waals surface area contributed by atoms with E-state index in [-0.39, 0.29) is 5.78 Å². The number of imidazole rings is 1. The Kier molecular flexibility index (Phi) is 5.39. The predicted octanol–water partition coefficient (Wildman–Crippen LogP) is 4.95. The van der Waals surface area contributed by atoms with Gasteiger partial charge in [0.05, 0.1) is 32.7 Å². The number of carbonyl (C=O) groups is 1. The second kappa shape index (κ2) is 8.74. The number of fused-ring (bicyclic) bond motifs is 2. The van der Waals surface area contributed by atoms with Crippen LogP contribution in [0.2, 0.25) is 0 Å². The third kappa shape index (κ3) is 3.96. The molecule has 6 aromatic heterocycles. The number of thiophene rings is 1. The molecular weight excluding hydrogens is 472 g/mol. The summed E-state index contributed by atoms with van der Waals surface area (Å²) >= 11 is 1.42. The van der Waals surface area contributed by atoms with E-state index in [9.17, 15) is 4.79 Å². The van der Waals surface area contributed by atoms with Crippen molar-refractivity contribution in [3.8, 4) is 33.3 Å². The fourth-order valence-corrected chi connectivity index (χ4v) is 5.12. The molecule has 6 heterocycles. The van der Waals surface area contributed by atoms with Gasteiger partial charge in [0.2, 0.25) is 0 Å². The van der Waals surface area contributed by atoms with E-state index in [1.54, 1.807) is 19.3 Å². The molecule has 178 valence electrons. The molecule has 0 radical (unpaired) electrons. The van der Waals surface area contributed by atoms with Crippen LogP contribution in [0.4, 0.5) is 0 Å². The summed E-state index contributed by atoms with van der Waals surface area (Å²) in [4.78, 5) is 37.3. The van der Waals surface area contributed by atoms with E-state index in [2.05, 4.69) is 41.1 Å². The van der Waals surface area contributed by atoms with Crippen LogP contribution in [-0.4, -0.2) is 59.9 Å². The van der Waals surface area contributed by atoms with Gasteiger partial charge < -0.3 is 9.88 Å². The molecule has 0 fully saturated rings. The lowest BCUT2D eigenvalue weighted by molar-refractivity contribution is 0.102. The number of nitrogens with one attached hydrogen (secondary N) is 2. The number of hydrogen-bond donors (Lipinski definition) is 2. The van der Waals surface area contributed by atoms with E-state index < -0.39 is 0 Å². The molecule has 9 nitrogen and oxygen atoms in total. The minimum absolute atomic E-state index is 0.0380. The molecule has 6 rings (SSSR count). The first-order valence-corrected chi connectivity index (χ1v) is 12.2. The van der Waals surface area contributed by atoms with E-state index in [4.69, 9.17) is 4.98 Å². The first kappa shape index (κ1) is 22.2. The molecule has 0 amide bonds. The van der Waals surface area contributed by atoms with Gasteiger partial charge in [-0.15, -0.1) is 11.3 Å². The molecule has 0 saturated carbocycles. The molecule has 0 saturated heterocycles. The number of rotatable bonds is 6. The molecule has 0 aromatic carbocycles. The third-order valence-electron chi connectivity index (χ3n) is 5.85. The number of hydrogen-bond acceptors (Lipinski definition) is 8. The van der Waals surface area contributed by atoms with Crippen molar-refractivity contribution >= 4 is 39.1 Å². The summed E-state index contributed by atoms with van der Waals surface area (Å²) in [6, 6.07) is 9.75. The van der Waals surface area contributed by atoms with Gasteiger partial charge >= 0.3 is 0 Å². The normalized spacial score (nSPS) is 11.7. The molecule has 0 spiro atoms. The van der Waals surface area contributed by atoms with Gasteiger partial charge in [-0.05, 0) is 56.9 Å². The van der Waals surface area contributed by atoms with Crippen LogP contribution in [0.15, 0.2) is 55.1 Å². The lowest BCUT2D eigenvalue weighted by Gasteiger charge is -2.10. The van der Waals surface area contributed by atoms with E-state index in [0.29, 0.717) is 16.4 Å². The van der Waals surface area contributed by atoms with Gasteiger partial charge in [0.1, 0.15) is 16.9 Å². The maximum absolute atomic E-state index is 11.8. The lowest BCUT2D eigenvalue weighted by Crippen LogP contribution is -2.10. The highest BCUT2D eigenvalue weighted by atomic mass is 32.1. The first-order valence-electron chi connectivity index (χ1n) is 11.4. The van der Waals surface area contributed by atoms with Crippen LogP contribution in [-0.2, 0) is 6.54 Å². The van der Waals surface area contributed by atoms with Gasteiger partial charge in [0, 0.05) is 36.1 Å². The van der Waals surface area contributed by atoms with Crippen molar-refractivity contribution in [3.05, 3.63) is 65.6 Å². The number of ketones is 1. The van der Waals surface area contributed by atoms with Crippen molar-refractivity contribution in [3.63, 3.8) is 0 Å². The Morgan fingerprint density at radius 1 is 1.03 bits per heavy atom. The summed E-state index contributed by atoms with van der Waals surface area (Å²) < 4.78 is 0.